The van der Waals surface area contributed by atoms with Crippen LogP contribution in [0.25, 0.3) is 28.1 Å². The summed E-state index contributed by atoms with van der Waals surface area (Å²) in [5.74, 6) is -3.74. The Morgan fingerprint density at radius 3 is 2.33 bits per heavy atom. The molecule has 46 heavy (non-hydrogen) atoms. The van der Waals surface area contributed by atoms with Gasteiger partial charge in [-0.05, 0) is 42.5 Å². The van der Waals surface area contributed by atoms with E-state index in [0.29, 0.717) is 21.8 Å². The number of pyridine rings is 1. The average Bonchev–Trinajstić information content (AvgIpc) is 3.45. The molecule has 2 aromatic carbocycles. The maximum atomic E-state index is 15.9. The predicted molar refractivity (Wildman–Crippen MR) is 164 cm³/mol. The second kappa shape index (κ2) is 14.2. The first-order valence-electron chi connectivity index (χ1n) is 13.8. The Labute approximate surface area is 268 Å². The molecule has 4 aromatic rings. The fourth-order valence-corrected chi connectivity index (χ4v) is 5.72. The highest BCUT2D eigenvalue weighted by atomic mass is 35.5. The van der Waals surface area contributed by atoms with Gasteiger partial charge in [0.15, 0.2) is 11.6 Å². The summed E-state index contributed by atoms with van der Waals surface area (Å²) in [6, 6.07) is 11.6. The molecule has 0 spiro atoms. The molecular weight excluding hydrogens is 660 g/mol. The molecule has 0 amide bonds. The maximum Gasteiger partial charge on any atom is 0.490 e. The van der Waals surface area contributed by atoms with Crippen LogP contribution in [0.15, 0.2) is 61.1 Å². The SMILES string of the molecule is Fc1cc(N2CCNCC2)ccc1-n1cc(-c2cc(Cl)cc(NSN3CC(F)C3)c2F)c(-c2ccncc2)n1.O=C(O)C(F)(F)F. The summed E-state index contributed by atoms with van der Waals surface area (Å²) < 4.78 is 82.3. The van der Waals surface area contributed by atoms with Gasteiger partial charge < -0.3 is 20.0 Å². The molecule has 2 aliphatic heterocycles. The summed E-state index contributed by atoms with van der Waals surface area (Å²) in [5.41, 5.74) is 2.98. The molecular formula is C29H26ClF6N7O2S. The Bertz CT molecular complexity index is 1680. The number of alkyl halides is 4. The summed E-state index contributed by atoms with van der Waals surface area (Å²) in [5, 5.41) is 15.4. The van der Waals surface area contributed by atoms with Gasteiger partial charge in [0.25, 0.3) is 0 Å². The fourth-order valence-electron chi connectivity index (χ4n) is 4.65. The standard InChI is InChI=1S/C27H25ClF3N7S.C2HF3O2/c28-18-11-21(26(31)24(12-18)35-39-37-14-19(29)15-37)22-16-38(34-27(22)17-3-5-32-6-4-17)25-2-1-20(13-23(25)30)36-9-7-33-8-10-36;3-2(4,5)1(6)7/h1-6,11-13,16,19,33,35H,7-10,14-15H2;(H,6,7). The molecule has 6 rings (SSSR count). The third kappa shape index (κ3) is 7.86. The first-order valence-corrected chi connectivity index (χ1v) is 14.9. The molecule has 17 heteroatoms. The van der Waals surface area contributed by atoms with Crippen LogP contribution < -0.4 is 14.9 Å². The lowest BCUT2D eigenvalue weighted by Gasteiger charge is -2.32. The highest BCUT2D eigenvalue weighted by molar-refractivity contribution is 7.98. The molecule has 0 saturated carbocycles. The van der Waals surface area contributed by atoms with Crippen molar-refractivity contribution in [2.45, 2.75) is 12.3 Å². The monoisotopic (exact) mass is 685 g/mol. The number of aromatic nitrogens is 3. The lowest BCUT2D eigenvalue weighted by Crippen LogP contribution is -2.44. The minimum Gasteiger partial charge on any atom is -0.475 e. The number of anilines is 2. The number of nitrogens with one attached hydrogen (secondary N) is 2. The van der Waals surface area contributed by atoms with Crippen LogP contribution in [0.4, 0.5) is 37.7 Å². The first kappa shape index (κ1) is 33.4. The number of nitrogens with zero attached hydrogens (tertiary/aromatic N) is 5. The summed E-state index contributed by atoms with van der Waals surface area (Å²) in [4.78, 5) is 15.1. The van der Waals surface area contributed by atoms with Crippen LogP contribution in [-0.2, 0) is 4.79 Å². The lowest BCUT2D eigenvalue weighted by atomic mass is 10.0. The van der Waals surface area contributed by atoms with E-state index in [-0.39, 0.29) is 30.0 Å². The largest absolute Gasteiger partial charge is 0.490 e. The molecule has 9 nitrogen and oxygen atoms in total. The normalized spacial score (nSPS) is 15.6. The number of piperazine rings is 1. The Morgan fingerprint density at radius 1 is 1.04 bits per heavy atom. The van der Waals surface area contributed by atoms with Gasteiger partial charge in [-0.2, -0.15) is 18.3 Å². The number of carboxylic acid groups (broad SMARTS) is 1. The highest BCUT2D eigenvalue weighted by Crippen LogP contribution is 2.39. The quantitative estimate of drug-likeness (QED) is 0.155. The zero-order chi connectivity index (χ0) is 33.0. The van der Waals surface area contributed by atoms with E-state index in [1.165, 1.54) is 22.9 Å². The Morgan fingerprint density at radius 2 is 1.72 bits per heavy atom. The third-order valence-corrected chi connectivity index (χ3v) is 8.07. The van der Waals surface area contributed by atoms with Gasteiger partial charge in [-0.3, -0.25) is 4.98 Å². The van der Waals surface area contributed by atoms with E-state index >= 15 is 8.78 Å². The van der Waals surface area contributed by atoms with Gasteiger partial charge in [0.2, 0.25) is 0 Å². The van der Waals surface area contributed by atoms with Crippen LogP contribution in [0.5, 0.6) is 0 Å². The molecule has 0 aliphatic carbocycles. The summed E-state index contributed by atoms with van der Waals surface area (Å²) in [6.07, 6.45) is -1.12. The number of carbonyl (C=O) groups is 1. The molecule has 4 heterocycles. The summed E-state index contributed by atoms with van der Waals surface area (Å²) >= 11 is 7.52. The van der Waals surface area contributed by atoms with E-state index in [1.807, 2.05) is 6.07 Å². The van der Waals surface area contributed by atoms with E-state index in [4.69, 9.17) is 21.5 Å². The van der Waals surface area contributed by atoms with Crippen LogP contribution in [0.1, 0.15) is 0 Å². The van der Waals surface area contributed by atoms with Crippen molar-refractivity contribution in [1.82, 2.24) is 24.4 Å². The molecule has 0 unspecified atom stereocenters. The number of halogens is 7. The predicted octanol–water partition coefficient (Wildman–Crippen LogP) is 6.20. The van der Waals surface area contributed by atoms with Gasteiger partial charge in [0.1, 0.15) is 17.6 Å². The van der Waals surface area contributed by atoms with Crippen molar-refractivity contribution in [1.29, 1.82) is 0 Å². The molecule has 0 atom stereocenters. The van der Waals surface area contributed by atoms with E-state index in [2.05, 4.69) is 25.0 Å². The number of carboxylic acids is 1. The van der Waals surface area contributed by atoms with E-state index in [9.17, 15) is 17.6 Å². The van der Waals surface area contributed by atoms with Gasteiger partial charge >= 0.3 is 12.1 Å². The van der Waals surface area contributed by atoms with Gasteiger partial charge in [-0.15, -0.1) is 0 Å². The minimum atomic E-state index is -5.08. The number of aliphatic carboxylic acids is 1. The number of rotatable bonds is 7. The van der Waals surface area contributed by atoms with Crippen LogP contribution in [0.2, 0.25) is 5.02 Å². The van der Waals surface area contributed by atoms with Gasteiger partial charge in [-0.1, -0.05) is 11.6 Å². The number of hydrogen-bond donors (Lipinski definition) is 3. The molecule has 2 fully saturated rings. The lowest BCUT2D eigenvalue weighted by molar-refractivity contribution is -0.192. The second-order valence-corrected chi connectivity index (χ2v) is 11.5. The molecule has 0 bridgehead atoms. The zero-order valence-corrected chi connectivity index (χ0v) is 25.3. The third-order valence-electron chi connectivity index (χ3n) is 6.99. The fraction of sp³-hybridized carbons (Fsp3) is 0.276. The van der Waals surface area contributed by atoms with E-state index < -0.39 is 30.0 Å². The van der Waals surface area contributed by atoms with E-state index in [1.54, 1.807) is 41.1 Å². The van der Waals surface area contributed by atoms with Crippen molar-refractivity contribution in [2.75, 3.05) is 48.9 Å². The summed E-state index contributed by atoms with van der Waals surface area (Å²) in [6.45, 7) is 3.82. The number of hydrogen-bond acceptors (Lipinski definition) is 8. The van der Waals surface area contributed by atoms with Gasteiger partial charge in [0.05, 0.1) is 5.69 Å². The zero-order valence-electron chi connectivity index (χ0n) is 23.7. The Kier molecular flexibility index (Phi) is 10.3. The van der Waals surface area contributed by atoms with Crippen LogP contribution in [0, 0.1) is 11.6 Å². The smallest absolute Gasteiger partial charge is 0.475 e. The number of benzene rings is 2. The van der Waals surface area contributed by atoms with Crippen molar-refractivity contribution >= 4 is 41.1 Å². The van der Waals surface area contributed by atoms with Crippen LogP contribution >= 0.6 is 23.7 Å². The molecule has 2 aromatic heterocycles. The van der Waals surface area contributed by atoms with Crippen molar-refractivity contribution in [3.05, 3.63) is 77.7 Å². The maximum absolute atomic E-state index is 15.9. The van der Waals surface area contributed by atoms with Crippen molar-refractivity contribution in [2.24, 2.45) is 0 Å². The van der Waals surface area contributed by atoms with Gasteiger partial charge in [-0.25, -0.2) is 27.0 Å². The molecule has 0 radical (unpaired) electrons. The molecule has 2 aliphatic rings. The van der Waals surface area contributed by atoms with Gasteiger partial charge in [0, 0.05) is 97.4 Å². The first-order chi connectivity index (χ1) is 21.9. The van der Waals surface area contributed by atoms with Crippen molar-refractivity contribution in [3.63, 3.8) is 0 Å². The molecule has 244 valence electrons. The topological polar surface area (TPSA) is 98.5 Å². The Hall–Kier alpha value is -3.99. The average molecular weight is 686 g/mol. The highest BCUT2D eigenvalue weighted by Gasteiger charge is 2.38. The Balaban J connectivity index is 0.000000537. The molecule has 3 N–H and O–H groups in total. The van der Waals surface area contributed by atoms with Crippen LogP contribution in [-0.4, -0.2) is 81.8 Å². The second-order valence-electron chi connectivity index (χ2n) is 10.2. The minimum absolute atomic E-state index is 0.157. The summed E-state index contributed by atoms with van der Waals surface area (Å²) in [7, 11) is 0. The van der Waals surface area contributed by atoms with Crippen molar-refractivity contribution < 1.29 is 36.2 Å². The van der Waals surface area contributed by atoms with E-state index in [0.717, 1.165) is 44.0 Å². The van der Waals surface area contributed by atoms with Crippen molar-refractivity contribution in [3.8, 4) is 28.1 Å². The van der Waals surface area contributed by atoms with Crippen LogP contribution in [0.3, 0.4) is 0 Å². The molecule has 2 saturated heterocycles.